The zero-order chi connectivity index (χ0) is 39.2. The first kappa shape index (κ1) is 41.2. The second-order valence-corrected chi connectivity index (χ2v) is 12.0. The van der Waals surface area contributed by atoms with Crippen LogP contribution in [0.25, 0.3) is 0 Å². The molecule has 282 valence electrons. The fourth-order valence-electron chi connectivity index (χ4n) is 4.40. The van der Waals surface area contributed by atoms with E-state index in [9.17, 15) is 51.4 Å². The van der Waals surface area contributed by atoms with Crippen LogP contribution in [0.4, 0.5) is 17.6 Å². The van der Waals surface area contributed by atoms with Crippen molar-refractivity contribution in [3.8, 4) is 0 Å². The van der Waals surface area contributed by atoms with Crippen LogP contribution < -0.4 is 21.3 Å². The van der Waals surface area contributed by atoms with Crippen LogP contribution >= 0.6 is 11.3 Å². The Labute approximate surface area is 301 Å². The number of aromatic amines is 1. The predicted molar refractivity (Wildman–Crippen MR) is 175 cm³/mol. The fourth-order valence-corrected chi connectivity index (χ4v) is 5.17. The van der Waals surface area contributed by atoms with E-state index in [2.05, 4.69) is 46.6 Å². The molecule has 0 fully saturated rings. The van der Waals surface area contributed by atoms with Crippen molar-refractivity contribution >= 4 is 46.9 Å². The third-order valence-electron chi connectivity index (χ3n) is 6.84. The molecule has 0 radical (unpaired) electrons. The van der Waals surface area contributed by atoms with Gasteiger partial charge in [0.15, 0.2) is 17.9 Å². The fraction of sp³-hybridized carbons (Fsp3) is 0.281. The van der Waals surface area contributed by atoms with Gasteiger partial charge in [0, 0.05) is 17.0 Å². The molecule has 4 amide bonds. The number of nitrogens with one attached hydrogen (secondary N) is 5. The minimum Gasteiger partial charge on any atom is -0.479 e. The molecule has 2 aromatic carbocycles. The number of aliphatic carboxylic acids is 1. The summed E-state index contributed by atoms with van der Waals surface area (Å²) in [5.41, 5.74) is 0.229. The van der Waals surface area contributed by atoms with Gasteiger partial charge in [-0.2, -0.15) is 0 Å². The molecule has 0 bridgehead atoms. The highest BCUT2D eigenvalue weighted by atomic mass is 32.1. The predicted octanol–water partition coefficient (Wildman–Crippen LogP) is 1.57. The lowest BCUT2D eigenvalue weighted by molar-refractivity contribution is -0.145. The van der Waals surface area contributed by atoms with E-state index >= 15 is 0 Å². The lowest BCUT2D eigenvalue weighted by Gasteiger charge is -2.18. The van der Waals surface area contributed by atoms with Gasteiger partial charge < -0.3 is 31.1 Å². The number of methoxy groups -OCH3 is 1. The van der Waals surface area contributed by atoms with Gasteiger partial charge in [0.05, 0.1) is 20.0 Å². The van der Waals surface area contributed by atoms with E-state index in [1.165, 1.54) is 25.2 Å². The normalized spacial score (nSPS) is 12.8. The first-order valence-corrected chi connectivity index (χ1v) is 16.1. The third kappa shape index (κ3) is 13.1. The number of carboxylic acids is 1. The van der Waals surface area contributed by atoms with Gasteiger partial charge in [-0.1, -0.05) is 6.07 Å². The van der Waals surface area contributed by atoms with Crippen LogP contribution in [-0.2, 0) is 46.3 Å². The molecule has 53 heavy (non-hydrogen) atoms. The molecule has 0 aliphatic carbocycles. The number of halogens is 4. The Bertz CT molecular complexity index is 1880. The van der Waals surface area contributed by atoms with E-state index in [-0.39, 0.29) is 29.8 Å². The summed E-state index contributed by atoms with van der Waals surface area (Å²) in [6, 6.07) is 4.06. The number of rotatable bonds is 14. The summed E-state index contributed by atoms with van der Waals surface area (Å²) >= 11 is 1.18. The number of carbonyl (C=O) groups is 6. The number of hydrogen-bond acceptors (Lipinski definition) is 11. The zero-order valence-electron chi connectivity index (χ0n) is 28.0. The first-order valence-electron chi connectivity index (χ1n) is 15.2. The number of carbonyl (C=O) groups excluding carboxylic acids is 5. The Kier molecular flexibility index (Phi) is 15.1. The number of nitrogens with zero attached hydrogens (tertiary/aromatic N) is 3. The number of thiophene rings is 1. The minimum atomic E-state index is -1.30. The Morgan fingerprint density at radius 3 is 1.62 bits per heavy atom. The number of aromatic nitrogens is 4. The van der Waals surface area contributed by atoms with Crippen molar-refractivity contribution in [2.45, 2.75) is 50.9 Å². The maximum atomic E-state index is 13.2. The standard InChI is InChI=1S/C17H16F2N2O4S.C15H16F2N6O4/c1-9(16(23)21-15(17(24)25)13-3-2-4-26-13)20-14(22)7-10-5-11(18)8-12(19)6-10;1-7(18-11(24)5-8-3-9(16)6-10(17)4-8)14(25)19-12(15(26)27-2)13-20-22-23-21-13/h2-6,8-9,15H,7H2,1H3,(H,20,22)(H,21,23)(H,24,25);3-4,6-7,12H,5H2,1-2H3,(H,18,24)(H,19,25)(H,20,21,22,23)/t9-,15+;7-,12?/m00/s1. The average Bonchev–Trinajstić information content (AvgIpc) is 3.80. The van der Waals surface area contributed by atoms with Crippen molar-refractivity contribution in [3.05, 3.63) is 99.0 Å². The average molecular weight is 765 g/mol. The maximum absolute atomic E-state index is 13.2. The molecular formula is C32H32F4N8O8S. The molecule has 1 unspecified atom stereocenters. The van der Waals surface area contributed by atoms with E-state index in [1.807, 2.05) is 0 Å². The highest BCUT2D eigenvalue weighted by molar-refractivity contribution is 7.10. The van der Waals surface area contributed by atoms with E-state index in [0.29, 0.717) is 17.0 Å². The van der Waals surface area contributed by atoms with Crippen molar-refractivity contribution in [1.82, 2.24) is 41.9 Å². The van der Waals surface area contributed by atoms with E-state index in [1.54, 1.807) is 17.5 Å². The van der Waals surface area contributed by atoms with E-state index < -0.39 is 83.0 Å². The summed E-state index contributed by atoms with van der Waals surface area (Å²) in [5.74, 6) is -8.02. The molecule has 0 aliphatic rings. The van der Waals surface area contributed by atoms with Crippen molar-refractivity contribution in [3.63, 3.8) is 0 Å². The van der Waals surface area contributed by atoms with Gasteiger partial charge in [-0.3, -0.25) is 19.2 Å². The molecule has 2 heterocycles. The monoisotopic (exact) mass is 764 g/mol. The summed E-state index contributed by atoms with van der Waals surface area (Å²) in [6.45, 7) is 2.75. The molecule has 0 saturated carbocycles. The Hall–Kier alpha value is -6.25. The van der Waals surface area contributed by atoms with Crippen molar-refractivity contribution in [2.75, 3.05) is 7.11 Å². The van der Waals surface area contributed by atoms with Gasteiger partial charge in [0.25, 0.3) is 0 Å². The first-order chi connectivity index (χ1) is 25.1. The highest BCUT2D eigenvalue weighted by Crippen LogP contribution is 2.19. The van der Waals surface area contributed by atoms with Crippen LogP contribution in [0.5, 0.6) is 0 Å². The van der Waals surface area contributed by atoms with Gasteiger partial charge in [0.1, 0.15) is 35.4 Å². The Balaban J connectivity index is 0.000000286. The molecule has 21 heteroatoms. The zero-order valence-corrected chi connectivity index (χ0v) is 28.8. The van der Waals surface area contributed by atoms with Crippen LogP contribution in [0.1, 0.15) is 47.8 Å². The van der Waals surface area contributed by atoms with Crippen LogP contribution in [0.15, 0.2) is 53.9 Å². The van der Waals surface area contributed by atoms with Gasteiger partial charge >= 0.3 is 11.9 Å². The molecule has 16 nitrogen and oxygen atoms in total. The third-order valence-corrected chi connectivity index (χ3v) is 7.77. The number of benzene rings is 2. The van der Waals surface area contributed by atoms with Crippen molar-refractivity contribution in [2.24, 2.45) is 0 Å². The lowest BCUT2D eigenvalue weighted by Crippen LogP contribution is -2.48. The number of hydrogen-bond donors (Lipinski definition) is 6. The number of carboxylic acid groups (broad SMARTS) is 1. The molecule has 0 aliphatic heterocycles. The van der Waals surface area contributed by atoms with Gasteiger partial charge in [-0.25, -0.2) is 32.2 Å². The smallest absolute Gasteiger partial charge is 0.336 e. The molecule has 4 atom stereocenters. The largest absolute Gasteiger partial charge is 0.479 e. The van der Waals surface area contributed by atoms with Gasteiger partial charge in [-0.05, 0) is 71.1 Å². The van der Waals surface area contributed by atoms with E-state index in [0.717, 1.165) is 31.4 Å². The second-order valence-electron chi connectivity index (χ2n) is 11.0. The topological polar surface area (TPSA) is 234 Å². The Morgan fingerprint density at radius 1 is 0.774 bits per heavy atom. The number of esters is 1. The molecule has 4 rings (SSSR count). The second kappa shape index (κ2) is 19.4. The highest BCUT2D eigenvalue weighted by Gasteiger charge is 2.29. The van der Waals surface area contributed by atoms with E-state index in [4.69, 9.17) is 0 Å². The number of amides is 4. The molecular weight excluding hydrogens is 732 g/mol. The van der Waals surface area contributed by atoms with Crippen LogP contribution in [-0.4, -0.2) is 80.5 Å². The molecule has 2 aromatic heterocycles. The summed E-state index contributed by atoms with van der Waals surface area (Å²) in [7, 11) is 1.12. The van der Waals surface area contributed by atoms with Crippen LogP contribution in [0.3, 0.4) is 0 Å². The molecule has 6 N–H and O–H groups in total. The van der Waals surface area contributed by atoms with Gasteiger partial charge in [0.2, 0.25) is 23.6 Å². The molecule has 0 spiro atoms. The maximum Gasteiger partial charge on any atom is 0.336 e. The minimum absolute atomic E-state index is 0.0519. The van der Waals surface area contributed by atoms with Crippen LogP contribution in [0, 0.1) is 23.3 Å². The number of H-pyrrole nitrogens is 1. The molecule has 4 aromatic rings. The summed E-state index contributed by atoms with van der Waals surface area (Å²) in [5, 5.41) is 32.8. The lowest BCUT2D eigenvalue weighted by atomic mass is 10.1. The quantitative estimate of drug-likeness (QED) is 0.0797. The van der Waals surface area contributed by atoms with Crippen molar-refractivity contribution < 1.29 is 56.2 Å². The number of tetrazole rings is 1. The summed E-state index contributed by atoms with van der Waals surface area (Å²) in [4.78, 5) is 71.9. The van der Waals surface area contributed by atoms with Crippen LogP contribution in [0.2, 0.25) is 0 Å². The Morgan fingerprint density at radius 2 is 1.25 bits per heavy atom. The molecule has 0 saturated heterocycles. The SMILES string of the molecule is COC(=O)C(NC(=O)[C@H](C)NC(=O)Cc1cc(F)cc(F)c1)c1nnn[nH]1.C[C@H](NC(=O)Cc1cc(F)cc(F)c1)C(=O)N[C@@H](C(=O)O)c1cccs1. The summed E-state index contributed by atoms with van der Waals surface area (Å²) in [6.07, 6.45) is -0.654. The van der Waals surface area contributed by atoms with Gasteiger partial charge in [-0.15, -0.1) is 16.4 Å². The van der Waals surface area contributed by atoms with Crippen molar-refractivity contribution in [1.29, 1.82) is 0 Å². The number of ether oxygens (including phenoxy) is 1. The summed E-state index contributed by atoms with van der Waals surface area (Å²) < 4.78 is 57.2.